The zero-order valence-electron chi connectivity index (χ0n) is 17.0. The predicted molar refractivity (Wildman–Crippen MR) is 111 cm³/mol. The Balaban J connectivity index is 1.68. The van der Waals surface area contributed by atoms with Gasteiger partial charge in [0.2, 0.25) is 15.9 Å². The van der Waals surface area contributed by atoms with E-state index in [2.05, 4.69) is 4.72 Å². The van der Waals surface area contributed by atoms with E-state index < -0.39 is 34.3 Å². The second-order valence-electron chi connectivity index (χ2n) is 7.69. The predicted octanol–water partition coefficient (Wildman–Crippen LogP) is 3.17. The highest BCUT2D eigenvalue weighted by atomic mass is 32.2. The van der Waals surface area contributed by atoms with E-state index in [0.29, 0.717) is 5.75 Å². The molecule has 1 fully saturated rings. The smallest absolute Gasteiger partial charge is 0.250 e. The fraction of sp³-hybridized carbons (Fsp3) is 0.476. The van der Waals surface area contributed by atoms with Crippen molar-refractivity contribution in [1.82, 2.24) is 9.29 Å². The second-order valence-corrected chi connectivity index (χ2v) is 9.73. The van der Waals surface area contributed by atoms with Crippen molar-refractivity contribution in [2.45, 2.75) is 38.2 Å². The molecule has 6 nitrogen and oxygen atoms in total. The van der Waals surface area contributed by atoms with Crippen LogP contribution in [0.5, 0.6) is 5.75 Å². The Morgan fingerprint density at radius 2 is 1.90 bits per heavy atom. The van der Waals surface area contributed by atoms with Gasteiger partial charge in [-0.05, 0) is 42.7 Å². The molecule has 0 radical (unpaired) electrons. The van der Waals surface area contributed by atoms with Crippen LogP contribution in [0.15, 0.2) is 47.4 Å². The molecule has 3 rings (SSSR count). The van der Waals surface area contributed by atoms with E-state index in [1.807, 2.05) is 6.07 Å². The van der Waals surface area contributed by atoms with Crippen molar-refractivity contribution in [1.29, 1.82) is 0 Å². The zero-order chi connectivity index (χ0) is 21.9. The van der Waals surface area contributed by atoms with Crippen molar-refractivity contribution >= 4 is 10.0 Å². The first kappa shape index (κ1) is 22.4. The summed E-state index contributed by atoms with van der Waals surface area (Å²) < 4.78 is 61.4. The molecule has 0 spiro atoms. The van der Waals surface area contributed by atoms with Gasteiger partial charge in [0.15, 0.2) is 0 Å². The average Bonchev–Trinajstić information content (AvgIpc) is 2.70. The van der Waals surface area contributed by atoms with Crippen molar-refractivity contribution in [2.24, 2.45) is 13.0 Å². The van der Waals surface area contributed by atoms with Crippen molar-refractivity contribution in [3.05, 3.63) is 52.9 Å². The third-order valence-corrected chi connectivity index (χ3v) is 6.84. The molecule has 0 unspecified atom stereocenters. The van der Waals surface area contributed by atoms with Gasteiger partial charge >= 0.3 is 0 Å². The molecule has 2 aromatic rings. The van der Waals surface area contributed by atoms with Gasteiger partial charge in [-0.25, -0.2) is 21.9 Å². The van der Waals surface area contributed by atoms with E-state index in [1.165, 1.54) is 17.6 Å². The fourth-order valence-electron chi connectivity index (χ4n) is 3.55. The largest absolute Gasteiger partial charge is 0.493 e. The molecule has 9 heteroatoms. The molecular weight excluding hydrogens is 414 g/mol. The lowest BCUT2D eigenvalue weighted by Crippen LogP contribution is -2.48. The summed E-state index contributed by atoms with van der Waals surface area (Å²) in [6.45, 7) is 1.49. The molecule has 1 aromatic heterocycles. The Labute approximate surface area is 174 Å². The topological polar surface area (TPSA) is 77.4 Å². The first-order chi connectivity index (χ1) is 14.1. The van der Waals surface area contributed by atoms with Gasteiger partial charge in [-0.1, -0.05) is 12.1 Å². The summed E-state index contributed by atoms with van der Waals surface area (Å²) in [4.78, 5) is 11.8. The first-order valence-electron chi connectivity index (χ1n) is 9.86. The van der Waals surface area contributed by atoms with E-state index >= 15 is 0 Å². The van der Waals surface area contributed by atoms with Crippen molar-refractivity contribution in [3.8, 4) is 16.9 Å². The van der Waals surface area contributed by atoms with Crippen LogP contribution in [0.4, 0.5) is 8.78 Å². The Hall–Kier alpha value is -2.26. The van der Waals surface area contributed by atoms with E-state index in [1.54, 1.807) is 37.5 Å². The van der Waals surface area contributed by atoms with Crippen molar-refractivity contribution in [2.75, 3.05) is 12.4 Å². The van der Waals surface area contributed by atoms with Gasteiger partial charge in [-0.3, -0.25) is 4.79 Å². The number of nitrogens with one attached hydrogen (secondary N) is 1. The summed E-state index contributed by atoms with van der Waals surface area (Å²) in [6.07, 6.45) is 0.992. The van der Waals surface area contributed by atoms with Crippen LogP contribution in [0, 0.1) is 5.92 Å². The normalized spacial score (nSPS) is 21.3. The average molecular weight is 441 g/mol. The number of ether oxygens (including phenoxy) is 1. The maximum absolute atomic E-state index is 13.9. The van der Waals surface area contributed by atoms with Crippen LogP contribution in [-0.4, -0.2) is 37.3 Å². The highest BCUT2D eigenvalue weighted by molar-refractivity contribution is 7.89. The highest BCUT2D eigenvalue weighted by Gasteiger charge is 2.42. The Bertz CT molecular complexity index is 1040. The van der Waals surface area contributed by atoms with Gasteiger partial charge < -0.3 is 9.30 Å². The number of benzene rings is 1. The SMILES string of the molecule is CCS(=O)(=O)N[C@H]1CCC(F)(F)C[C@H]1COc1ccc(-c2ccn(C)c(=O)c2)cc1. The minimum Gasteiger partial charge on any atom is -0.493 e. The van der Waals surface area contributed by atoms with Crippen LogP contribution in [0.2, 0.25) is 0 Å². The van der Waals surface area contributed by atoms with Crippen LogP contribution in [0.25, 0.3) is 11.1 Å². The van der Waals surface area contributed by atoms with E-state index in [0.717, 1.165) is 11.1 Å². The minimum absolute atomic E-state index is 0.0162. The van der Waals surface area contributed by atoms with Crippen molar-refractivity contribution in [3.63, 3.8) is 0 Å². The number of halogens is 2. The van der Waals surface area contributed by atoms with E-state index in [4.69, 9.17) is 4.74 Å². The Kier molecular flexibility index (Phi) is 6.62. The molecule has 0 amide bonds. The molecule has 1 heterocycles. The van der Waals surface area contributed by atoms with Gasteiger partial charge in [0, 0.05) is 44.1 Å². The van der Waals surface area contributed by atoms with Crippen LogP contribution in [0.3, 0.4) is 0 Å². The molecular formula is C21H26F2N2O4S. The van der Waals surface area contributed by atoms with Gasteiger partial charge in [-0.2, -0.15) is 0 Å². The minimum atomic E-state index is -3.49. The molecule has 0 bridgehead atoms. The summed E-state index contributed by atoms with van der Waals surface area (Å²) >= 11 is 0. The lowest BCUT2D eigenvalue weighted by Gasteiger charge is -2.36. The number of nitrogens with zero attached hydrogens (tertiary/aromatic N) is 1. The lowest BCUT2D eigenvalue weighted by molar-refractivity contribution is -0.0660. The number of hydrogen-bond donors (Lipinski definition) is 1. The Morgan fingerprint density at radius 1 is 1.20 bits per heavy atom. The highest BCUT2D eigenvalue weighted by Crippen LogP contribution is 2.37. The Morgan fingerprint density at radius 3 is 2.53 bits per heavy atom. The van der Waals surface area contributed by atoms with Gasteiger partial charge in [0.1, 0.15) is 5.75 Å². The van der Waals surface area contributed by atoms with Crippen LogP contribution >= 0.6 is 0 Å². The molecule has 1 N–H and O–H groups in total. The molecule has 2 atom stereocenters. The molecule has 1 aliphatic carbocycles. The molecule has 1 aliphatic rings. The molecule has 1 saturated carbocycles. The van der Waals surface area contributed by atoms with Gasteiger partial charge in [0.25, 0.3) is 5.56 Å². The zero-order valence-corrected chi connectivity index (χ0v) is 17.8. The molecule has 30 heavy (non-hydrogen) atoms. The molecule has 164 valence electrons. The summed E-state index contributed by atoms with van der Waals surface area (Å²) in [7, 11) is -1.82. The number of pyridine rings is 1. The van der Waals surface area contributed by atoms with Crippen LogP contribution in [-0.2, 0) is 17.1 Å². The van der Waals surface area contributed by atoms with Gasteiger partial charge in [-0.15, -0.1) is 0 Å². The third-order valence-electron chi connectivity index (χ3n) is 5.42. The summed E-state index contributed by atoms with van der Waals surface area (Å²) in [5.74, 6) is -3.07. The maximum Gasteiger partial charge on any atom is 0.250 e. The molecule has 0 aliphatic heterocycles. The number of aromatic nitrogens is 1. The molecule has 1 aromatic carbocycles. The van der Waals surface area contributed by atoms with Crippen LogP contribution < -0.4 is 15.0 Å². The van der Waals surface area contributed by atoms with Gasteiger partial charge in [0.05, 0.1) is 12.4 Å². The molecule has 0 saturated heterocycles. The third kappa shape index (κ3) is 5.66. The second kappa shape index (κ2) is 8.85. The number of sulfonamides is 1. The number of hydrogen-bond acceptors (Lipinski definition) is 4. The number of aryl methyl sites for hydroxylation is 1. The monoisotopic (exact) mass is 440 g/mol. The lowest BCUT2D eigenvalue weighted by atomic mass is 9.83. The maximum atomic E-state index is 13.9. The summed E-state index contributed by atoms with van der Waals surface area (Å²) in [6, 6.07) is 9.77. The number of alkyl halides is 2. The van der Waals surface area contributed by atoms with Crippen molar-refractivity contribution < 1.29 is 21.9 Å². The standard InChI is InChI=1S/C21H26F2N2O4S/c1-3-30(27,28)24-19-8-10-21(22,23)13-17(19)14-29-18-6-4-15(5-7-18)16-9-11-25(2)20(26)12-16/h4-7,9,11-12,17,19,24H,3,8,10,13-14H2,1-2H3/t17-,19-/m0/s1. The summed E-state index contributed by atoms with van der Waals surface area (Å²) in [5, 5.41) is 0. The van der Waals surface area contributed by atoms with E-state index in [9.17, 15) is 22.0 Å². The van der Waals surface area contributed by atoms with Crippen LogP contribution in [0.1, 0.15) is 26.2 Å². The van der Waals surface area contributed by atoms with E-state index in [-0.39, 0.29) is 30.8 Å². The number of rotatable bonds is 7. The first-order valence-corrected chi connectivity index (χ1v) is 11.5. The fourth-order valence-corrected chi connectivity index (χ4v) is 4.49. The summed E-state index contributed by atoms with van der Waals surface area (Å²) in [5.41, 5.74) is 1.48. The quantitative estimate of drug-likeness (QED) is 0.718.